The third kappa shape index (κ3) is 9.94. The Kier molecular flexibility index (Phi) is 10.7. The molecule has 0 N–H and O–H groups in total. The lowest BCUT2D eigenvalue weighted by Crippen LogP contribution is -2.28. The van der Waals surface area contributed by atoms with Crippen LogP contribution in [-0.4, -0.2) is 36.4 Å². The van der Waals surface area contributed by atoms with Crippen molar-refractivity contribution in [1.29, 1.82) is 0 Å². The first-order chi connectivity index (χ1) is 13.3. The summed E-state index contributed by atoms with van der Waals surface area (Å²) < 4.78 is 20.6. The summed E-state index contributed by atoms with van der Waals surface area (Å²) in [5, 5.41) is 0. The van der Waals surface area contributed by atoms with Gasteiger partial charge in [0.25, 0.3) is 0 Å². The zero-order valence-corrected chi connectivity index (χ0v) is 17.0. The van der Waals surface area contributed by atoms with Gasteiger partial charge >= 0.3 is 18.1 Å². The van der Waals surface area contributed by atoms with Crippen LogP contribution in [0.25, 0.3) is 0 Å². The van der Waals surface area contributed by atoms with E-state index in [0.29, 0.717) is 12.8 Å². The van der Waals surface area contributed by atoms with E-state index in [0.717, 1.165) is 5.56 Å². The monoisotopic (exact) mass is 394 g/mol. The summed E-state index contributed by atoms with van der Waals surface area (Å²) in [6.07, 6.45) is -1.67. The summed E-state index contributed by atoms with van der Waals surface area (Å²) in [6, 6.07) is 9.10. The predicted octanol–water partition coefficient (Wildman–Crippen LogP) is 4.17. The molecule has 0 saturated heterocycles. The highest BCUT2D eigenvalue weighted by molar-refractivity contribution is 5.75. The van der Waals surface area contributed by atoms with Gasteiger partial charge in [-0.1, -0.05) is 44.2 Å². The number of rotatable bonds is 11. The SMILES string of the molecule is CCC(C)OC(=O)CC(CC(=O)OC(C)CC)OC(=O)OCc1ccccc1. The first kappa shape index (κ1) is 23.5. The van der Waals surface area contributed by atoms with E-state index >= 15 is 0 Å². The molecule has 156 valence electrons. The van der Waals surface area contributed by atoms with Gasteiger partial charge < -0.3 is 18.9 Å². The van der Waals surface area contributed by atoms with Crippen molar-refractivity contribution in [2.75, 3.05) is 0 Å². The van der Waals surface area contributed by atoms with Gasteiger partial charge in [-0.2, -0.15) is 0 Å². The van der Waals surface area contributed by atoms with Crippen LogP contribution in [-0.2, 0) is 35.1 Å². The molecule has 0 aliphatic heterocycles. The normalized spacial score (nSPS) is 13.7. The highest BCUT2D eigenvalue weighted by atomic mass is 16.7. The molecule has 0 amide bonds. The Labute approximate surface area is 166 Å². The molecule has 0 aliphatic carbocycles. The smallest absolute Gasteiger partial charge is 0.463 e. The average Bonchev–Trinajstić information content (AvgIpc) is 2.66. The third-order valence-corrected chi connectivity index (χ3v) is 4.07. The maximum absolute atomic E-state index is 12.0. The van der Waals surface area contributed by atoms with Crippen molar-refractivity contribution in [2.45, 2.75) is 78.3 Å². The second kappa shape index (κ2) is 12.8. The Hall–Kier alpha value is -2.57. The first-order valence-corrected chi connectivity index (χ1v) is 9.60. The van der Waals surface area contributed by atoms with E-state index in [9.17, 15) is 14.4 Å². The van der Waals surface area contributed by atoms with Crippen LogP contribution >= 0.6 is 0 Å². The van der Waals surface area contributed by atoms with Crippen LogP contribution in [0.3, 0.4) is 0 Å². The van der Waals surface area contributed by atoms with Gasteiger partial charge in [-0.25, -0.2) is 4.79 Å². The lowest BCUT2D eigenvalue weighted by atomic mass is 10.2. The highest BCUT2D eigenvalue weighted by Crippen LogP contribution is 2.13. The molecule has 0 radical (unpaired) electrons. The molecule has 0 aromatic heterocycles. The van der Waals surface area contributed by atoms with Crippen LogP contribution in [0.1, 0.15) is 58.9 Å². The first-order valence-electron chi connectivity index (χ1n) is 9.60. The molecule has 7 heteroatoms. The van der Waals surface area contributed by atoms with Gasteiger partial charge in [0.1, 0.15) is 12.7 Å². The predicted molar refractivity (Wildman–Crippen MR) is 102 cm³/mol. The number of benzene rings is 1. The fourth-order valence-electron chi connectivity index (χ4n) is 2.13. The molecule has 2 unspecified atom stereocenters. The van der Waals surface area contributed by atoms with E-state index in [4.69, 9.17) is 18.9 Å². The molecule has 0 saturated carbocycles. The molecule has 7 nitrogen and oxygen atoms in total. The van der Waals surface area contributed by atoms with E-state index in [1.54, 1.807) is 26.0 Å². The average molecular weight is 394 g/mol. The van der Waals surface area contributed by atoms with Crippen molar-refractivity contribution in [2.24, 2.45) is 0 Å². The molecule has 0 spiro atoms. The molecular weight excluding hydrogens is 364 g/mol. The quantitative estimate of drug-likeness (QED) is 0.411. The van der Waals surface area contributed by atoms with Gasteiger partial charge in [0.2, 0.25) is 0 Å². The molecule has 0 heterocycles. The molecule has 2 atom stereocenters. The Morgan fingerprint density at radius 1 is 0.821 bits per heavy atom. The van der Waals surface area contributed by atoms with Crippen molar-refractivity contribution < 1.29 is 33.3 Å². The zero-order chi connectivity index (χ0) is 20.9. The molecular formula is C21H30O7. The maximum Gasteiger partial charge on any atom is 0.508 e. The van der Waals surface area contributed by atoms with Gasteiger partial charge in [0, 0.05) is 0 Å². The van der Waals surface area contributed by atoms with Crippen LogP contribution in [0.5, 0.6) is 0 Å². The Balaban J connectivity index is 2.63. The van der Waals surface area contributed by atoms with Crippen LogP contribution in [0.15, 0.2) is 30.3 Å². The maximum atomic E-state index is 12.0. The Bertz CT molecular complexity index is 588. The van der Waals surface area contributed by atoms with Gasteiger partial charge in [0.05, 0.1) is 25.0 Å². The van der Waals surface area contributed by atoms with Gasteiger partial charge in [-0.05, 0) is 32.3 Å². The van der Waals surface area contributed by atoms with E-state index in [2.05, 4.69) is 0 Å². The summed E-state index contributed by atoms with van der Waals surface area (Å²) in [6.45, 7) is 7.33. The van der Waals surface area contributed by atoms with E-state index in [1.165, 1.54) is 0 Å². The fraction of sp³-hybridized carbons (Fsp3) is 0.571. The van der Waals surface area contributed by atoms with Crippen molar-refractivity contribution >= 4 is 18.1 Å². The standard InChI is InChI=1S/C21H30O7/c1-5-15(3)26-19(22)12-18(13-20(23)27-16(4)6-2)28-21(24)25-14-17-10-8-7-9-11-17/h7-11,15-16,18H,5-6,12-14H2,1-4H3. The Morgan fingerprint density at radius 3 is 1.79 bits per heavy atom. The molecule has 0 aliphatic rings. The number of ether oxygens (including phenoxy) is 4. The molecule has 1 aromatic carbocycles. The van der Waals surface area contributed by atoms with E-state index in [-0.39, 0.29) is 31.7 Å². The topological polar surface area (TPSA) is 88.1 Å². The van der Waals surface area contributed by atoms with E-state index in [1.807, 2.05) is 32.0 Å². The number of esters is 2. The van der Waals surface area contributed by atoms with Crippen LogP contribution in [0.4, 0.5) is 4.79 Å². The van der Waals surface area contributed by atoms with Gasteiger partial charge in [0.15, 0.2) is 0 Å². The molecule has 1 aromatic rings. The van der Waals surface area contributed by atoms with E-state index < -0.39 is 24.2 Å². The number of carbonyl (C=O) groups excluding carboxylic acids is 3. The highest BCUT2D eigenvalue weighted by Gasteiger charge is 2.25. The van der Waals surface area contributed by atoms with Crippen molar-refractivity contribution in [3.05, 3.63) is 35.9 Å². The van der Waals surface area contributed by atoms with Gasteiger partial charge in [-0.15, -0.1) is 0 Å². The number of carbonyl (C=O) groups is 3. The minimum absolute atomic E-state index is 0.0288. The van der Waals surface area contributed by atoms with Crippen LogP contribution < -0.4 is 0 Å². The summed E-state index contributed by atoms with van der Waals surface area (Å²) in [5.41, 5.74) is 0.795. The minimum Gasteiger partial charge on any atom is -0.463 e. The summed E-state index contributed by atoms with van der Waals surface area (Å²) >= 11 is 0. The minimum atomic E-state index is -1.02. The fourth-order valence-corrected chi connectivity index (χ4v) is 2.13. The lowest BCUT2D eigenvalue weighted by molar-refractivity contribution is -0.154. The lowest BCUT2D eigenvalue weighted by Gasteiger charge is -2.19. The summed E-state index contributed by atoms with van der Waals surface area (Å²) in [4.78, 5) is 36.1. The third-order valence-electron chi connectivity index (χ3n) is 4.07. The largest absolute Gasteiger partial charge is 0.508 e. The number of hydrogen-bond donors (Lipinski definition) is 0. The zero-order valence-electron chi connectivity index (χ0n) is 17.0. The van der Waals surface area contributed by atoms with Crippen LogP contribution in [0, 0.1) is 0 Å². The summed E-state index contributed by atoms with van der Waals surface area (Å²) in [7, 11) is 0. The van der Waals surface area contributed by atoms with Crippen molar-refractivity contribution in [3.63, 3.8) is 0 Å². The van der Waals surface area contributed by atoms with Crippen molar-refractivity contribution in [1.82, 2.24) is 0 Å². The second-order valence-electron chi connectivity index (χ2n) is 6.59. The van der Waals surface area contributed by atoms with Crippen molar-refractivity contribution in [3.8, 4) is 0 Å². The molecule has 0 bridgehead atoms. The second-order valence-corrected chi connectivity index (χ2v) is 6.59. The van der Waals surface area contributed by atoms with Gasteiger partial charge in [-0.3, -0.25) is 9.59 Å². The summed E-state index contributed by atoms with van der Waals surface area (Å²) in [5.74, 6) is -1.10. The molecule has 28 heavy (non-hydrogen) atoms. The Morgan fingerprint density at radius 2 is 1.32 bits per heavy atom. The number of hydrogen-bond acceptors (Lipinski definition) is 7. The van der Waals surface area contributed by atoms with Crippen LogP contribution in [0.2, 0.25) is 0 Å². The molecule has 0 fully saturated rings. The molecule has 1 rings (SSSR count).